The Morgan fingerprint density at radius 2 is 1.64 bits per heavy atom. The van der Waals surface area contributed by atoms with Crippen LogP contribution in [-0.4, -0.2) is 42.8 Å². The summed E-state index contributed by atoms with van der Waals surface area (Å²) < 4.78 is 20.6. The van der Waals surface area contributed by atoms with Gasteiger partial charge in [0, 0.05) is 19.3 Å². The minimum absolute atomic E-state index is 0.112. The monoisotopic (exact) mass is 244 g/mol. The summed E-state index contributed by atoms with van der Waals surface area (Å²) >= 11 is 0. The fraction of sp³-hybridized carbons (Fsp3) is 1.00. The third-order valence-corrected chi connectivity index (χ3v) is 5.05. The molecule has 86 valence electrons. The van der Waals surface area contributed by atoms with Gasteiger partial charge in [0.05, 0.1) is 6.16 Å². The first-order valence-electron chi connectivity index (χ1n) is 4.38. The van der Waals surface area contributed by atoms with Gasteiger partial charge < -0.3 is 23.4 Å². The molecule has 14 heavy (non-hydrogen) atoms. The average molecular weight is 244 g/mol. The van der Waals surface area contributed by atoms with Crippen molar-refractivity contribution in [3.05, 3.63) is 0 Å². The molecular formula is C6H17O6PSi. The van der Waals surface area contributed by atoms with Gasteiger partial charge in [-0.05, 0) is 13.8 Å². The molecule has 0 aliphatic heterocycles. The Morgan fingerprint density at radius 3 is 1.93 bits per heavy atom. The molecule has 0 heterocycles. The highest BCUT2D eigenvalue weighted by Gasteiger charge is 2.38. The molecule has 0 atom stereocenters. The van der Waals surface area contributed by atoms with Gasteiger partial charge in [0.15, 0.2) is 0 Å². The maximum Gasteiger partial charge on any atom is 0.498 e. The van der Waals surface area contributed by atoms with Gasteiger partial charge in [-0.3, -0.25) is 4.57 Å². The van der Waals surface area contributed by atoms with Crippen LogP contribution in [0.15, 0.2) is 0 Å². The Hall–Kier alpha value is 0.247. The Balaban J connectivity index is 4.15. The molecule has 8 heteroatoms. The third kappa shape index (κ3) is 6.66. The van der Waals surface area contributed by atoms with E-state index in [-0.39, 0.29) is 19.3 Å². The smallest absolute Gasteiger partial charge is 0.390 e. The lowest BCUT2D eigenvalue weighted by Crippen LogP contribution is -2.43. The molecule has 0 fully saturated rings. The molecule has 0 radical (unpaired) electrons. The van der Waals surface area contributed by atoms with E-state index in [9.17, 15) is 9.36 Å². The maximum atomic E-state index is 10.6. The summed E-state index contributed by atoms with van der Waals surface area (Å²) in [6.07, 6.45) is -0.407. The standard InChI is InChI=1S/C6H17O6PSi/c1-3-11-14(10,12-4-2)6-5-13(7,8)9/h10H,3-6H2,1-2H3,(H2,7,8,9). The summed E-state index contributed by atoms with van der Waals surface area (Å²) in [4.78, 5) is 27.0. The lowest BCUT2D eigenvalue weighted by molar-refractivity contribution is 0.109. The van der Waals surface area contributed by atoms with Crippen LogP contribution in [0.5, 0.6) is 0 Å². The van der Waals surface area contributed by atoms with Crippen molar-refractivity contribution in [2.24, 2.45) is 0 Å². The predicted octanol–water partition coefficient (Wildman–Crippen LogP) is 0.168. The lowest BCUT2D eigenvalue weighted by Gasteiger charge is -2.22. The average Bonchev–Trinajstić information content (AvgIpc) is 2.01. The predicted molar refractivity (Wildman–Crippen MR) is 52.9 cm³/mol. The molecule has 6 nitrogen and oxygen atoms in total. The van der Waals surface area contributed by atoms with E-state index in [0.29, 0.717) is 0 Å². The van der Waals surface area contributed by atoms with Crippen LogP contribution in [0.1, 0.15) is 13.8 Å². The molecule has 0 unspecified atom stereocenters. The molecule has 0 aromatic carbocycles. The van der Waals surface area contributed by atoms with Gasteiger partial charge in [-0.2, -0.15) is 0 Å². The summed E-state index contributed by atoms with van der Waals surface area (Å²) in [6.45, 7) is 3.91. The second kappa shape index (κ2) is 5.97. The van der Waals surface area contributed by atoms with Crippen molar-refractivity contribution < 1.29 is 28.0 Å². The second-order valence-corrected chi connectivity index (χ2v) is 7.00. The highest BCUT2D eigenvalue weighted by molar-refractivity contribution is 7.51. The zero-order valence-electron chi connectivity index (χ0n) is 8.34. The SMILES string of the molecule is CCO[Si](O)(CCP(=O)(O)O)OCC. The topological polar surface area (TPSA) is 96.2 Å². The van der Waals surface area contributed by atoms with Crippen LogP contribution in [0.4, 0.5) is 0 Å². The minimum atomic E-state index is -4.09. The first-order chi connectivity index (χ1) is 6.33. The molecule has 0 aliphatic rings. The van der Waals surface area contributed by atoms with Crippen LogP contribution < -0.4 is 0 Å². The van der Waals surface area contributed by atoms with E-state index in [0.717, 1.165) is 0 Å². The van der Waals surface area contributed by atoms with E-state index in [4.69, 9.17) is 18.6 Å². The van der Waals surface area contributed by atoms with E-state index in [1.165, 1.54) is 0 Å². The molecular weight excluding hydrogens is 227 g/mol. The molecule has 0 aromatic heterocycles. The third-order valence-electron chi connectivity index (χ3n) is 1.46. The van der Waals surface area contributed by atoms with Crippen molar-refractivity contribution in [3.63, 3.8) is 0 Å². The number of hydrogen-bond acceptors (Lipinski definition) is 4. The van der Waals surface area contributed by atoms with Gasteiger partial charge in [0.25, 0.3) is 0 Å². The number of rotatable bonds is 7. The van der Waals surface area contributed by atoms with Crippen LogP contribution in [0.2, 0.25) is 6.04 Å². The molecule has 0 amide bonds. The maximum absolute atomic E-state index is 10.6. The Kier molecular flexibility index (Phi) is 6.07. The highest BCUT2D eigenvalue weighted by atomic mass is 31.2. The van der Waals surface area contributed by atoms with Crippen molar-refractivity contribution in [2.45, 2.75) is 19.9 Å². The summed E-state index contributed by atoms with van der Waals surface area (Å²) in [5.41, 5.74) is 0. The van der Waals surface area contributed by atoms with Crippen LogP contribution in [-0.2, 0) is 13.4 Å². The first kappa shape index (κ1) is 14.2. The Bertz CT molecular complexity index is 198. The zero-order chi connectivity index (χ0) is 11.2. The molecule has 0 saturated carbocycles. The quantitative estimate of drug-likeness (QED) is 0.436. The van der Waals surface area contributed by atoms with E-state index in [1.807, 2.05) is 0 Å². The van der Waals surface area contributed by atoms with Crippen molar-refractivity contribution in [3.8, 4) is 0 Å². The molecule has 0 aliphatic carbocycles. The van der Waals surface area contributed by atoms with Crippen LogP contribution in [0.25, 0.3) is 0 Å². The van der Waals surface area contributed by atoms with E-state index in [1.54, 1.807) is 13.8 Å². The molecule has 3 N–H and O–H groups in total. The van der Waals surface area contributed by atoms with Crippen LogP contribution in [0.3, 0.4) is 0 Å². The normalized spacial score (nSPS) is 13.2. The summed E-state index contributed by atoms with van der Waals surface area (Å²) in [7, 11) is -7.45. The largest absolute Gasteiger partial charge is 0.498 e. The minimum Gasteiger partial charge on any atom is -0.390 e. The van der Waals surface area contributed by atoms with Gasteiger partial charge in [-0.15, -0.1) is 0 Å². The first-order valence-corrected chi connectivity index (χ1v) is 8.14. The van der Waals surface area contributed by atoms with Crippen molar-refractivity contribution in [2.75, 3.05) is 19.4 Å². The highest BCUT2D eigenvalue weighted by Crippen LogP contribution is 2.36. The van der Waals surface area contributed by atoms with Gasteiger partial charge >= 0.3 is 16.4 Å². The molecule has 0 saturated heterocycles. The summed E-state index contributed by atoms with van der Waals surface area (Å²) in [5.74, 6) is 0. The van der Waals surface area contributed by atoms with E-state index in [2.05, 4.69) is 0 Å². The van der Waals surface area contributed by atoms with E-state index >= 15 is 0 Å². The van der Waals surface area contributed by atoms with Gasteiger partial charge in [-0.25, -0.2) is 0 Å². The fourth-order valence-electron chi connectivity index (χ4n) is 0.924. The molecule has 0 bridgehead atoms. The fourth-order valence-corrected chi connectivity index (χ4v) is 4.49. The van der Waals surface area contributed by atoms with E-state index < -0.39 is 22.6 Å². The Morgan fingerprint density at radius 1 is 1.21 bits per heavy atom. The second-order valence-electron chi connectivity index (χ2n) is 2.72. The van der Waals surface area contributed by atoms with Crippen LogP contribution in [0, 0.1) is 0 Å². The van der Waals surface area contributed by atoms with Crippen LogP contribution >= 0.6 is 7.60 Å². The zero-order valence-corrected chi connectivity index (χ0v) is 10.2. The van der Waals surface area contributed by atoms with Gasteiger partial charge in [-0.1, -0.05) is 0 Å². The van der Waals surface area contributed by atoms with Crippen molar-refractivity contribution >= 4 is 16.4 Å². The molecule has 0 aromatic rings. The summed E-state index contributed by atoms with van der Waals surface area (Å²) in [5, 5.41) is 0. The summed E-state index contributed by atoms with van der Waals surface area (Å²) in [6, 6.07) is -0.112. The lowest BCUT2D eigenvalue weighted by atomic mass is 10.9. The van der Waals surface area contributed by atoms with Gasteiger partial charge in [0.2, 0.25) is 0 Å². The molecule has 0 spiro atoms. The number of hydrogen-bond donors (Lipinski definition) is 3. The van der Waals surface area contributed by atoms with Crippen molar-refractivity contribution in [1.29, 1.82) is 0 Å². The molecule has 0 rings (SSSR count). The Labute approximate surface area is 84.4 Å². The van der Waals surface area contributed by atoms with Gasteiger partial charge in [0.1, 0.15) is 0 Å². The van der Waals surface area contributed by atoms with Crippen molar-refractivity contribution in [1.82, 2.24) is 0 Å².